The van der Waals surface area contributed by atoms with Crippen LogP contribution in [0.15, 0.2) is 96.3 Å². The Bertz CT molecular complexity index is 2190. The molecule has 0 unspecified atom stereocenters. The van der Waals surface area contributed by atoms with Gasteiger partial charge in [-0.1, -0.05) is 18.2 Å². The van der Waals surface area contributed by atoms with Gasteiger partial charge in [-0.15, -0.1) is 0 Å². The summed E-state index contributed by atoms with van der Waals surface area (Å²) in [6.07, 6.45) is 6.35. The average Bonchev–Trinajstić information content (AvgIpc) is 3.06. The molecule has 0 atom stereocenters. The van der Waals surface area contributed by atoms with Crippen molar-refractivity contribution in [3.05, 3.63) is 125 Å². The van der Waals surface area contributed by atoms with Crippen LogP contribution in [0.2, 0.25) is 0 Å². The number of nitrogens with zero attached hydrogens (tertiary/aromatic N) is 4. The molecular formula is C36H29F2N5O4. The number of carbonyl (C=O) groups excluding carboxylic acids is 1. The molecule has 6 aromatic rings. The van der Waals surface area contributed by atoms with Crippen LogP contribution in [0.25, 0.3) is 33.3 Å². The molecule has 6 rings (SSSR count). The standard InChI is InChI=1S/C36H29F2N5O4/c1-20(2)43-19-27(34(44)32(21(43)3)22-7-9-24(37)10-8-22)35(45)41-25-11-12-30(28(38)16-25)47-31-13-15-40-29-17-26(23-6-5-14-39-18-23)36(46-4)42-33(29)31/h5-20H,1-4H3,(H,41,45). The van der Waals surface area contributed by atoms with Crippen molar-refractivity contribution in [2.24, 2.45) is 0 Å². The van der Waals surface area contributed by atoms with Gasteiger partial charge in [0.25, 0.3) is 5.91 Å². The van der Waals surface area contributed by atoms with Crippen molar-refractivity contribution in [1.29, 1.82) is 0 Å². The number of ether oxygens (including phenoxy) is 2. The molecule has 2 aromatic carbocycles. The van der Waals surface area contributed by atoms with Crippen molar-refractivity contribution < 1.29 is 23.0 Å². The Morgan fingerprint density at radius 3 is 2.43 bits per heavy atom. The number of hydrogen-bond donors (Lipinski definition) is 1. The largest absolute Gasteiger partial charge is 0.481 e. The van der Waals surface area contributed by atoms with Crippen molar-refractivity contribution in [2.45, 2.75) is 26.8 Å². The van der Waals surface area contributed by atoms with Crippen LogP contribution in [0.3, 0.4) is 0 Å². The number of rotatable bonds is 8. The van der Waals surface area contributed by atoms with Gasteiger partial charge >= 0.3 is 0 Å². The van der Waals surface area contributed by atoms with Crippen LogP contribution in [0.5, 0.6) is 17.4 Å². The molecule has 4 aromatic heterocycles. The fraction of sp³-hybridized carbons (Fsp3) is 0.139. The number of benzene rings is 2. The smallest absolute Gasteiger partial charge is 0.261 e. The maximum atomic E-state index is 15.4. The molecule has 1 amide bonds. The quantitative estimate of drug-likeness (QED) is 0.183. The second kappa shape index (κ2) is 12.8. The molecule has 4 heterocycles. The summed E-state index contributed by atoms with van der Waals surface area (Å²) < 4.78 is 42.3. The summed E-state index contributed by atoms with van der Waals surface area (Å²) in [6.45, 7) is 5.60. The molecule has 9 nitrogen and oxygen atoms in total. The number of fused-ring (bicyclic) bond motifs is 1. The fourth-order valence-corrected chi connectivity index (χ4v) is 5.35. The zero-order valence-electron chi connectivity index (χ0n) is 25.9. The minimum Gasteiger partial charge on any atom is -0.481 e. The first-order chi connectivity index (χ1) is 22.6. The lowest BCUT2D eigenvalue weighted by Gasteiger charge is -2.20. The first kappa shape index (κ1) is 31.0. The van der Waals surface area contributed by atoms with Gasteiger partial charge in [0.05, 0.1) is 12.6 Å². The molecular weight excluding hydrogens is 604 g/mol. The third kappa shape index (κ3) is 6.15. The SMILES string of the molecule is COc1nc2c(Oc3ccc(NC(=O)c4cn(C(C)C)c(C)c(-c5ccc(F)cc5)c4=O)cc3F)ccnc2cc1-c1cccnc1. The van der Waals surface area contributed by atoms with Crippen molar-refractivity contribution in [1.82, 2.24) is 19.5 Å². The number of halogens is 2. The molecule has 0 aliphatic heterocycles. The van der Waals surface area contributed by atoms with Crippen LogP contribution >= 0.6 is 0 Å². The summed E-state index contributed by atoms with van der Waals surface area (Å²) in [7, 11) is 1.50. The highest BCUT2D eigenvalue weighted by atomic mass is 19.1. The molecule has 0 fully saturated rings. The molecule has 11 heteroatoms. The number of aromatic nitrogens is 4. The van der Waals surface area contributed by atoms with Gasteiger partial charge in [0, 0.05) is 71.0 Å². The summed E-state index contributed by atoms with van der Waals surface area (Å²) >= 11 is 0. The van der Waals surface area contributed by atoms with Crippen molar-refractivity contribution in [3.8, 4) is 39.6 Å². The van der Waals surface area contributed by atoms with Gasteiger partial charge in [0.1, 0.15) is 16.9 Å². The third-order valence-corrected chi connectivity index (χ3v) is 7.64. The number of methoxy groups -OCH3 is 1. The second-order valence-electron chi connectivity index (χ2n) is 11.0. The summed E-state index contributed by atoms with van der Waals surface area (Å²) in [5, 5.41) is 2.62. The topological polar surface area (TPSA) is 108 Å². The Morgan fingerprint density at radius 2 is 1.74 bits per heavy atom. The highest BCUT2D eigenvalue weighted by Crippen LogP contribution is 2.36. The van der Waals surface area contributed by atoms with E-state index in [1.807, 2.05) is 19.9 Å². The molecule has 0 aliphatic rings. The first-order valence-electron chi connectivity index (χ1n) is 14.7. The summed E-state index contributed by atoms with van der Waals surface area (Å²) in [5.74, 6) is -1.49. The average molecular weight is 634 g/mol. The normalized spacial score (nSPS) is 11.1. The summed E-state index contributed by atoms with van der Waals surface area (Å²) in [5.41, 5.74) is 3.16. The highest BCUT2D eigenvalue weighted by molar-refractivity contribution is 6.04. The number of anilines is 1. The Morgan fingerprint density at radius 1 is 0.957 bits per heavy atom. The minimum absolute atomic E-state index is 0.0871. The molecule has 1 N–H and O–H groups in total. The maximum Gasteiger partial charge on any atom is 0.261 e. The van der Waals surface area contributed by atoms with Crippen LogP contribution < -0.4 is 20.2 Å². The van der Waals surface area contributed by atoms with E-state index in [2.05, 4.69) is 20.3 Å². The highest BCUT2D eigenvalue weighted by Gasteiger charge is 2.21. The van der Waals surface area contributed by atoms with E-state index < -0.39 is 23.0 Å². The van der Waals surface area contributed by atoms with E-state index in [1.165, 1.54) is 55.9 Å². The Balaban J connectivity index is 1.29. The molecule has 47 heavy (non-hydrogen) atoms. The van der Waals surface area contributed by atoms with Gasteiger partial charge in [0.15, 0.2) is 17.3 Å². The van der Waals surface area contributed by atoms with Crippen LogP contribution in [0.1, 0.15) is 35.9 Å². The zero-order valence-corrected chi connectivity index (χ0v) is 25.9. The van der Waals surface area contributed by atoms with Gasteiger partial charge < -0.3 is 19.4 Å². The van der Waals surface area contributed by atoms with E-state index in [0.717, 1.165) is 11.6 Å². The van der Waals surface area contributed by atoms with Crippen molar-refractivity contribution in [2.75, 3.05) is 12.4 Å². The maximum absolute atomic E-state index is 15.4. The van der Waals surface area contributed by atoms with Gasteiger partial charge in [0.2, 0.25) is 11.3 Å². The van der Waals surface area contributed by atoms with E-state index >= 15 is 4.39 Å². The van der Waals surface area contributed by atoms with Crippen LogP contribution in [0.4, 0.5) is 14.5 Å². The molecule has 0 bridgehead atoms. The molecule has 0 saturated carbocycles. The summed E-state index contributed by atoms with van der Waals surface area (Å²) in [4.78, 5) is 40.1. The van der Waals surface area contributed by atoms with Gasteiger partial charge in [-0.3, -0.25) is 19.6 Å². The molecule has 236 valence electrons. The lowest BCUT2D eigenvalue weighted by Crippen LogP contribution is -2.26. The van der Waals surface area contributed by atoms with Crippen LogP contribution in [-0.2, 0) is 0 Å². The monoisotopic (exact) mass is 633 g/mol. The summed E-state index contributed by atoms with van der Waals surface area (Å²) in [6, 6.07) is 16.4. The number of pyridine rings is 4. The van der Waals surface area contributed by atoms with E-state index in [4.69, 9.17) is 9.47 Å². The van der Waals surface area contributed by atoms with Gasteiger partial charge in [-0.05, 0) is 62.7 Å². The van der Waals surface area contributed by atoms with E-state index in [1.54, 1.807) is 42.1 Å². The molecule has 0 radical (unpaired) electrons. The Kier molecular flexibility index (Phi) is 8.45. The Labute approximate surface area is 268 Å². The van der Waals surface area contributed by atoms with E-state index in [9.17, 15) is 14.0 Å². The number of hydrogen-bond acceptors (Lipinski definition) is 7. The number of carbonyl (C=O) groups is 1. The first-order valence-corrected chi connectivity index (χ1v) is 14.7. The molecule has 0 aliphatic carbocycles. The molecule has 0 saturated heterocycles. The Hall–Kier alpha value is -5.97. The third-order valence-electron chi connectivity index (χ3n) is 7.64. The van der Waals surface area contributed by atoms with Crippen LogP contribution in [-0.4, -0.2) is 32.5 Å². The van der Waals surface area contributed by atoms with E-state index in [0.29, 0.717) is 33.7 Å². The minimum atomic E-state index is -0.762. The number of nitrogens with one attached hydrogen (secondary N) is 1. The van der Waals surface area contributed by atoms with Gasteiger partial charge in [-0.25, -0.2) is 13.8 Å². The predicted molar refractivity (Wildman–Crippen MR) is 175 cm³/mol. The lowest BCUT2D eigenvalue weighted by atomic mass is 10.00. The fourth-order valence-electron chi connectivity index (χ4n) is 5.35. The van der Waals surface area contributed by atoms with Gasteiger partial charge in [-0.2, -0.15) is 0 Å². The van der Waals surface area contributed by atoms with Crippen LogP contribution in [0, 0.1) is 18.6 Å². The predicted octanol–water partition coefficient (Wildman–Crippen LogP) is 7.74. The van der Waals surface area contributed by atoms with Crippen molar-refractivity contribution >= 4 is 22.6 Å². The zero-order chi connectivity index (χ0) is 33.2. The molecule has 0 spiro atoms. The second-order valence-corrected chi connectivity index (χ2v) is 11.0. The van der Waals surface area contributed by atoms with E-state index in [-0.39, 0.29) is 34.4 Å². The lowest BCUT2D eigenvalue weighted by molar-refractivity contribution is 0.102. The van der Waals surface area contributed by atoms with Crippen molar-refractivity contribution in [3.63, 3.8) is 0 Å². The number of amides is 1.